The van der Waals surface area contributed by atoms with Crippen LogP contribution >= 0.6 is 0 Å². The molecule has 0 aliphatic carbocycles. The second-order valence-electron chi connectivity index (χ2n) is 15.0. The van der Waals surface area contributed by atoms with E-state index >= 15 is 0 Å². The Morgan fingerprint density at radius 1 is 0.236 bits per heavy atom. The Bertz CT molecular complexity index is 3500. The lowest BCUT2D eigenvalue weighted by atomic mass is 10.0. The van der Waals surface area contributed by atoms with Crippen molar-refractivity contribution in [2.75, 3.05) is 0 Å². The molecule has 13 aromatic rings. The van der Waals surface area contributed by atoms with Gasteiger partial charge in [0.2, 0.25) is 0 Å². The number of aromatic nitrogens is 3. The van der Waals surface area contributed by atoms with Crippen molar-refractivity contribution >= 4 is 87.0 Å². The molecule has 0 radical (unpaired) electrons. The number of para-hydroxylation sites is 1. The van der Waals surface area contributed by atoms with Crippen molar-refractivity contribution in [3.8, 4) is 28.2 Å². The summed E-state index contributed by atoms with van der Waals surface area (Å²) in [5, 5.41) is 12.9. The predicted octanol–water partition coefficient (Wildman–Crippen LogP) is 13.8. The average Bonchev–Trinajstić information content (AvgIpc) is 3.89. The first kappa shape index (κ1) is 29.1. The van der Waals surface area contributed by atoms with E-state index in [1.165, 1.54) is 109 Å². The topological polar surface area (TPSA) is 14.8 Å². The summed E-state index contributed by atoms with van der Waals surface area (Å²) in [6, 6.07) is 69.5. The standard InChI is InChI=1S/C52H31N3/c1-2-12-38(13-3-1)53-43-28-24-37(32-22-25-39(26-23-32)54-45-14-4-8-33-18-19-34-9-5-15-46(54)50(34)49(33)45)30-41(43)42-31-40(27-29-44(42)53)55-47-16-6-10-35-20-21-36-11-7-17-48(55)52(36)51(35)47/h1-31H. The van der Waals surface area contributed by atoms with Gasteiger partial charge in [0.25, 0.3) is 0 Å². The molecule has 13 rings (SSSR count). The quantitative estimate of drug-likeness (QED) is 0.163. The van der Waals surface area contributed by atoms with Crippen molar-refractivity contribution < 1.29 is 0 Å². The van der Waals surface area contributed by atoms with Crippen LogP contribution in [-0.2, 0) is 0 Å². The van der Waals surface area contributed by atoms with Crippen molar-refractivity contribution in [1.29, 1.82) is 0 Å². The van der Waals surface area contributed by atoms with Crippen LogP contribution in [0.15, 0.2) is 188 Å². The summed E-state index contributed by atoms with van der Waals surface area (Å²) in [5.74, 6) is 0. The van der Waals surface area contributed by atoms with Crippen LogP contribution in [0.25, 0.3) is 115 Å². The van der Waals surface area contributed by atoms with Crippen LogP contribution in [0.4, 0.5) is 0 Å². The Balaban J connectivity index is 1.01. The van der Waals surface area contributed by atoms with E-state index in [1.54, 1.807) is 0 Å². The van der Waals surface area contributed by atoms with Crippen molar-refractivity contribution in [2.24, 2.45) is 0 Å². The van der Waals surface area contributed by atoms with Crippen LogP contribution in [-0.4, -0.2) is 13.7 Å². The third kappa shape index (κ3) is 3.89. The number of benzene rings is 10. The van der Waals surface area contributed by atoms with Gasteiger partial charge in [0, 0.05) is 49.4 Å². The van der Waals surface area contributed by atoms with Crippen molar-refractivity contribution in [3.05, 3.63) is 188 Å². The molecule has 0 bridgehead atoms. The fourth-order valence-corrected chi connectivity index (χ4v) is 9.78. The van der Waals surface area contributed by atoms with Gasteiger partial charge in [-0.1, -0.05) is 109 Å². The molecule has 3 heteroatoms. The highest BCUT2D eigenvalue weighted by molar-refractivity contribution is 6.25. The predicted molar refractivity (Wildman–Crippen MR) is 232 cm³/mol. The minimum absolute atomic E-state index is 1.16. The van der Waals surface area contributed by atoms with Gasteiger partial charge in [-0.3, -0.25) is 0 Å². The lowest BCUT2D eigenvalue weighted by molar-refractivity contribution is 1.17. The van der Waals surface area contributed by atoms with Gasteiger partial charge in [0.05, 0.1) is 33.1 Å². The van der Waals surface area contributed by atoms with E-state index < -0.39 is 0 Å². The number of fused-ring (bicyclic) bond motifs is 3. The highest BCUT2D eigenvalue weighted by atomic mass is 15.0. The number of hydrogen-bond donors (Lipinski definition) is 0. The van der Waals surface area contributed by atoms with E-state index in [9.17, 15) is 0 Å². The summed E-state index contributed by atoms with van der Waals surface area (Å²) in [7, 11) is 0. The van der Waals surface area contributed by atoms with Crippen LogP contribution in [0.5, 0.6) is 0 Å². The summed E-state index contributed by atoms with van der Waals surface area (Å²) in [4.78, 5) is 0. The molecule has 0 amide bonds. The lowest BCUT2D eigenvalue weighted by Gasteiger charge is -2.10. The minimum Gasteiger partial charge on any atom is -0.309 e. The lowest BCUT2D eigenvalue weighted by Crippen LogP contribution is -1.95. The van der Waals surface area contributed by atoms with Gasteiger partial charge in [0.1, 0.15) is 0 Å². The van der Waals surface area contributed by atoms with Crippen molar-refractivity contribution in [3.63, 3.8) is 0 Å². The van der Waals surface area contributed by atoms with Gasteiger partial charge >= 0.3 is 0 Å². The van der Waals surface area contributed by atoms with Crippen LogP contribution < -0.4 is 0 Å². The molecule has 0 aliphatic rings. The summed E-state index contributed by atoms with van der Waals surface area (Å²) < 4.78 is 7.29. The molecular formula is C52H31N3. The van der Waals surface area contributed by atoms with Crippen LogP contribution in [0.3, 0.4) is 0 Å². The normalized spacial score (nSPS) is 12.4. The van der Waals surface area contributed by atoms with Gasteiger partial charge in [-0.05, 0) is 112 Å². The van der Waals surface area contributed by atoms with Gasteiger partial charge in [-0.15, -0.1) is 0 Å². The molecule has 254 valence electrons. The Morgan fingerprint density at radius 2 is 0.636 bits per heavy atom. The molecule has 0 saturated carbocycles. The molecule has 0 saturated heterocycles. The minimum atomic E-state index is 1.16. The fraction of sp³-hybridized carbons (Fsp3) is 0. The van der Waals surface area contributed by atoms with Gasteiger partial charge in [0.15, 0.2) is 0 Å². The molecule has 3 aromatic heterocycles. The molecule has 10 aromatic carbocycles. The van der Waals surface area contributed by atoms with E-state index in [1.807, 2.05) is 0 Å². The molecule has 3 heterocycles. The van der Waals surface area contributed by atoms with Gasteiger partial charge in [-0.2, -0.15) is 0 Å². The summed E-state index contributed by atoms with van der Waals surface area (Å²) in [5.41, 5.74) is 13.3. The maximum absolute atomic E-state index is 2.45. The third-order valence-electron chi connectivity index (χ3n) is 12.1. The Kier molecular flexibility index (Phi) is 5.63. The van der Waals surface area contributed by atoms with E-state index in [0.717, 1.165) is 5.69 Å². The zero-order valence-corrected chi connectivity index (χ0v) is 29.7. The third-order valence-corrected chi connectivity index (χ3v) is 12.1. The molecular weight excluding hydrogens is 667 g/mol. The maximum atomic E-state index is 2.45. The first-order valence-electron chi connectivity index (χ1n) is 19.0. The average molecular weight is 698 g/mol. The van der Waals surface area contributed by atoms with E-state index in [4.69, 9.17) is 0 Å². The van der Waals surface area contributed by atoms with Crippen LogP contribution in [0, 0.1) is 0 Å². The molecule has 0 N–H and O–H groups in total. The number of rotatable bonds is 4. The Hall–Kier alpha value is -7.36. The van der Waals surface area contributed by atoms with Crippen molar-refractivity contribution in [2.45, 2.75) is 0 Å². The second-order valence-corrected chi connectivity index (χ2v) is 15.0. The summed E-state index contributed by atoms with van der Waals surface area (Å²) >= 11 is 0. The molecule has 0 aliphatic heterocycles. The smallest absolute Gasteiger partial charge is 0.0547 e. The molecule has 3 nitrogen and oxygen atoms in total. The van der Waals surface area contributed by atoms with Crippen LogP contribution in [0.1, 0.15) is 0 Å². The molecule has 55 heavy (non-hydrogen) atoms. The molecule has 0 fully saturated rings. The first-order valence-corrected chi connectivity index (χ1v) is 19.0. The number of nitrogens with zero attached hydrogens (tertiary/aromatic N) is 3. The Labute approximate surface area is 315 Å². The monoisotopic (exact) mass is 697 g/mol. The zero-order valence-electron chi connectivity index (χ0n) is 29.7. The number of hydrogen-bond acceptors (Lipinski definition) is 0. The zero-order chi connectivity index (χ0) is 35.8. The molecule has 0 spiro atoms. The fourth-order valence-electron chi connectivity index (χ4n) is 9.78. The molecule has 0 unspecified atom stereocenters. The molecule has 0 atom stereocenters. The van der Waals surface area contributed by atoms with Gasteiger partial charge < -0.3 is 13.7 Å². The second kappa shape index (κ2) is 10.6. The largest absolute Gasteiger partial charge is 0.309 e. The first-order chi connectivity index (χ1) is 27.3. The SMILES string of the molecule is c1ccc(-n2c3ccc(-c4ccc(-n5c6cccc7ccc8cccc5c8c76)cc4)cc3c3cc(-n4c5cccc6ccc7cccc4c7c65)ccc32)cc1. The highest BCUT2D eigenvalue weighted by Gasteiger charge is 2.20. The van der Waals surface area contributed by atoms with E-state index in [0.29, 0.717) is 0 Å². The summed E-state index contributed by atoms with van der Waals surface area (Å²) in [6.07, 6.45) is 0. The summed E-state index contributed by atoms with van der Waals surface area (Å²) in [6.45, 7) is 0. The van der Waals surface area contributed by atoms with Crippen LogP contribution in [0.2, 0.25) is 0 Å². The van der Waals surface area contributed by atoms with E-state index in [-0.39, 0.29) is 0 Å². The van der Waals surface area contributed by atoms with Crippen molar-refractivity contribution in [1.82, 2.24) is 13.7 Å². The highest BCUT2D eigenvalue weighted by Crippen LogP contribution is 2.42. The Morgan fingerprint density at radius 3 is 1.16 bits per heavy atom. The maximum Gasteiger partial charge on any atom is 0.0547 e. The van der Waals surface area contributed by atoms with Gasteiger partial charge in [-0.25, -0.2) is 0 Å². The van der Waals surface area contributed by atoms with E-state index in [2.05, 4.69) is 202 Å².